The van der Waals surface area contributed by atoms with Crippen molar-refractivity contribution in [3.63, 3.8) is 0 Å². The summed E-state index contributed by atoms with van der Waals surface area (Å²) >= 11 is 0. The number of aliphatic carboxylic acids is 1. The Hall–Kier alpha value is -3.87. The molecule has 7 heteroatoms. The van der Waals surface area contributed by atoms with Crippen molar-refractivity contribution in [2.24, 2.45) is 0 Å². The molecule has 0 aromatic heterocycles. The molecule has 0 unspecified atom stereocenters. The first-order chi connectivity index (χ1) is 13.4. The molecule has 0 fully saturated rings. The Morgan fingerprint density at radius 2 is 1.54 bits per heavy atom. The van der Waals surface area contributed by atoms with Crippen molar-refractivity contribution in [2.45, 2.75) is 12.8 Å². The molecule has 0 spiro atoms. The summed E-state index contributed by atoms with van der Waals surface area (Å²) in [5.41, 5.74) is 1.47. The Kier molecular flexibility index (Phi) is 5.55. The molecule has 0 saturated heterocycles. The number of anilines is 2. The number of rotatable bonds is 6. The second-order valence-electron chi connectivity index (χ2n) is 6.19. The van der Waals surface area contributed by atoms with Crippen LogP contribution in [0.15, 0.2) is 60.7 Å². The van der Waals surface area contributed by atoms with Gasteiger partial charge >= 0.3 is 5.97 Å². The molecule has 0 aliphatic carbocycles. The SMILES string of the molecule is O=C(O)CCC(=O)Nc1ccc(C(=O)Nc2ccc3c(O)cccc3c2)cc1. The van der Waals surface area contributed by atoms with E-state index in [0.717, 1.165) is 5.39 Å². The lowest BCUT2D eigenvalue weighted by atomic mass is 10.1. The summed E-state index contributed by atoms with van der Waals surface area (Å²) in [5, 5.41) is 25.3. The molecule has 3 aromatic rings. The Balaban J connectivity index is 1.64. The van der Waals surface area contributed by atoms with Crippen molar-refractivity contribution >= 4 is 39.9 Å². The average Bonchev–Trinajstić information content (AvgIpc) is 2.67. The summed E-state index contributed by atoms with van der Waals surface area (Å²) in [6, 6.07) is 16.7. The number of phenolic OH excluding ortho intramolecular Hbond substituents is 1. The first kappa shape index (κ1) is 18.9. The number of carboxylic acids is 1. The van der Waals surface area contributed by atoms with Crippen LogP contribution in [0.25, 0.3) is 10.8 Å². The molecule has 0 aliphatic heterocycles. The number of benzene rings is 3. The van der Waals surface area contributed by atoms with E-state index in [4.69, 9.17) is 5.11 Å². The topological polar surface area (TPSA) is 116 Å². The van der Waals surface area contributed by atoms with E-state index in [1.54, 1.807) is 54.6 Å². The van der Waals surface area contributed by atoms with Crippen molar-refractivity contribution in [2.75, 3.05) is 10.6 Å². The molecule has 0 radical (unpaired) electrons. The molecule has 0 aliphatic rings. The van der Waals surface area contributed by atoms with Crippen molar-refractivity contribution < 1.29 is 24.6 Å². The highest BCUT2D eigenvalue weighted by atomic mass is 16.4. The fourth-order valence-corrected chi connectivity index (χ4v) is 2.70. The van der Waals surface area contributed by atoms with Crippen LogP contribution in [0.5, 0.6) is 5.75 Å². The normalized spacial score (nSPS) is 10.4. The molecule has 4 N–H and O–H groups in total. The zero-order valence-electron chi connectivity index (χ0n) is 14.8. The van der Waals surface area contributed by atoms with Crippen LogP contribution in [0.3, 0.4) is 0 Å². The minimum Gasteiger partial charge on any atom is -0.507 e. The summed E-state index contributed by atoms with van der Waals surface area (Å²) < 4.78 is 0. The van der Waals surface area contributed by atoms with E-state index in [1.165, 1.54) is 0 Å². The molecule has 7 nitrogen and oxygen atoms in total. The van der Waals surface area contributed by atoms with Crippen LogP contribution >= 0.6 is 0 Å². The predicted octanol–water partition coefficient (Wildman–Crippen LogP) is 3.60. The third-order valence-electron chi connectivity index (χ3n) is 4.11. The van der Waals surface area contributed by atoms with Crippen LogP contribution in [0.1, 0.15) is 23.2 Å². The number of fused-ring (bicyclic) bond motifs is 1. The van der Waals surface area contributed by atoms with Crippen molar-refractivity contribution in [1.29, 1.82) is 0 Å². The van der Waals surface area contributed by atoms with Gasteiger partial charge in [0, 0.05) is 28.7 Å². The lowest BCUT2D eigenvalue weighted by Crippen LogP contribution is -2.14. The number of hydrogen-bond donors (Lipinski definition) is 4. The Morgan fingerprint density at radius 1 is 0.821 bits per heavy atom. The highest BCUT2D eigenvalue weighted by Crippen LogP contribution is 2.27. The van der Waals surface area contributed by atoms with Crippen LogP contribution in [0.2, 0.25) is 0 Å². The van der Waals surface area contributed by atoms with Crippen molar-refractivity contribution in [1.82, 2.24) is 0 Å². The van der Waals surface area contributed by atoms with Crippen LogP contribution in [0.4, 0.5) is 11.4 Å². The smallest absolute Gasteiger partial charge is 0.303 e. The van der Waals surface area contributed by atoms with Crippen LogP contribution < -0.4 is 10.6 Å². The molecule has 3 rings (SSSR count). The second kappa shape index (κ2) is 8.22. The monoisotopic (exact) mass is 378 g/mol. The molecule has 3 aromatic carbocycles. The summed E-state index contributed by atoms with van der Waals surface area (Å²) in [6.07, 6.45) is -0.356. The Labute approximate surface area is 160 Å². The summed E-state index contributed by atoms with van der Waals surface area (Å²) in [7, 11) is 0. The Morgan fingerprint density at radius 3 is 2.25 bits per heavy atom. The lowest BCUT2D eigenvalue weighted by molar-refractivity contribution is -0.138. The van der Waals surface area contributed by atoms with Crippen LogP contribution in [-0.4, -0.2) is 28.0 Å². The lowest BCUT2D eigenvalue weighted by Gasteiger charge is -2.09. The van der Waals surface area contributed by atoms with Gasteiger partial charge in [0.1, 0.15) is 5.75 Å². The number of phenols is 1. The van der Waals surface area contributed by atoms with E-state index in [9.17, 15) is 19.5 Å². The summed E-state index contributed by atoms with van der Waals surface area (Å²) in [5.74, 6) is -1.58. The van der Waals surface area contributed by atoms with E-state index in [2.05, 4.69) is 10.6 Å². The minimum absolute atomic E-state index is 0.116. The molecule has 142 valence electrons. The van der Waals surface area contributed by atoms with Crippen LogP contribution in [-0.2, 0) is 9.59 Å². The number of amides is 2. The van der Waals surface area contributed by atoms with Gasteiger partial charge in [-0.05, 0) is 53.9 Å². The van der Waals surface area contributed by atoms with Crippen molar-refractivity contribution in [3.8, 4) is 5.75 Å². The predicted molar refractivity (Wildman–Crippen MR) is 106 cm³/mol. The van der Waals surface area contributed by atoms with Gasteiger partial charge in [-0.25, -0.2) is 0 Å². The third-order valence-corrected chi connectivity index (χ3v) is 4.11. The number of hydrogen-bond acceptors (Lipinski definition) is 4. The standard InChI is InChI=1S/C21H18N2O5/c24-18-3-1-2-14-12-16(8-9-17(14)18)23-21(28)13-4-6-15(7-5-13)22-19(25)10-11-20(26)27/h1-9,12,24H,10-11H2,(H,22,25)(H,23,28)(H,26,27). The number of carbonyl (C=O) groups excluding carboxylic acids is 2. The number of aromatic hydroxyl groups is 1. The molecule has 2 amide bonds. The van der Waals surface area contributed by atoms with Gasteiger partial charge < -0.3 is 20.8 Å². The molecular formula is C21H18N2O5. The maximum absolute atomic E-state index is 12.4. The summed E-state index contributed by atoms with van der Waals surface area (Å²) in [6.45, 7) is 0. The maximum Gasteiger partial charge on any atom is 0.303 e. The first-order valence-electron chi connectivity index (χ1n) is 8.57. The molecule has 28 heavy (non-hydrogen) atoms. The van der Waals surface area contributed by atoms with Crippen LogP contribution in [0, 0.1) is 0 Å². The van der Waals surface area contributed by atoms with E-state index in [1.807, 2.05) is 6.07 Å². The van der Waals surface area contributed by atoms with Crippen molar-refractivity contribution in [3.05, 3.63) is 66.2 Å². The van der Waals surface area contributed by atoms with Gasteiger partial charge in [0.15, 0.2) is 0 Å². The maximum atomic E-state index is 12.4. The largest absolute Gasteiger partial charge is 0.507 e. The fraction of sp³-hybridized carbons (Fsp3) is 0.0952. The molecule has 0 bridgehead atoms. The van der Waals surface area contributed by atoms with Gasteiger partial charge in [0.25, 0.3) is 5.91 Å². The number of nitrogens with one attached hydrogen (secondary N) is 2. The fourth-order valence-electron chi connectivity index (χ4n) is 2.70. The number of carbonyl (C=O) groups is 3. The zero-order valence-corrected chi connectivity index (χ0v) is 14.8. The quantitative estimate of drug-likeness (QED) is 0.523. The second-order valence-corrected chi connectivity index (χ2v) is 6.19. The van der Waals surface area contributed by atoms with Gasteiger partial charge in [-0.2, -0.15) is 0 Å². The van der Waals surface area contributed by atoms with Gasteiger partial charge in [0.05, 0.1) is 6.42 Å². The van der Waals surface area contributed by atoms with Gasteiger partial charge in [-0.15, -0.1) is 0 Å². The highest BCUT2D eigenvalue weighted by Gasteiger charge is 2.09. The molecule has 0 saturated carbocycles. The molecule has 0 heterocycles. The van der Waals surface area contributed by atoms with Gasteiger partial charge in [0.2, 0.25) is 5.91 Å². The molecular weight excluding hydrogens is 360 g/mol. The zero-order chi connectivity index (χ0) is 20.1. The van der Waals surface area contributed by atoms with Gasteiger partial charge in [-0.3, -0.25) is 14.4 Å². The Bertz CT molecular complexity index is 1040. The average molecular weight is 378 g/mol. The number of carboxylic acid groups (broad SMARTS) is 1. The highest BCUT2D eigenvalue weighted by molar-refractivity contribution is 6.06. The first-order valence-corrected chi connectivity index (χ1v) is 8.57. The van der Waals surface area contributed by atoms with Gasteiger partial charge in [-0.1, -0.05) is 12.1 Å². The summed E-state index contributed by atoms with van der Waals surface area (Å²) in [4.78, 5) is 34.5. The molecule has 0 atom stereocenters. The minimum atomic E-state index is -1.04. The van der Waals surface area contributed by atoms with E-state index in [0.29, 0.717) is 22.3 Å². The van der Waals surface area contributed by atoms with E-state index in [-0.39, 0.29) is 24.5 Å². The van der Waals surface area contributed by atoms with E-state index < -0.39 is 11.9 Å². The van der Waals surface area contributed by atoms with E-state index >= 15 is 0 Å². The third kappa shape index (κ3) is 4.64.